The van der Waals surface area contributed by atoms with Gasteiger partial charge in [0.1, 0.15) is 18.1 Å². The van der Waals surface area contributed by atoms with Crippen LogP contribution >= 0.6 is 0 Å². The number of hydrogen-bond acceptors (Lipinski definition) is 8. The molecule has 1 aromatic carbocycles. The molecule has 4 aromatic rings. The minimum Gasteiger partial charge on any atom is -0.481 e. The predicted octanol–water partition coefficient (Wildman–Crippen LogP) is -1.02. The first-order chi connectivity index (χ1) is 20.6. The van der Waals surface area contributed by atoms with E-state index in [1.165, 1.54) is 25.0 Å². The lowest BCUT2D eigenvalue weighted by molar-refractivity contribution is -0.143. The van der Waals surface area contributed by atoms with Crippen LogP contribution in [0.15, 0.2) is 55.5 Å². The number of aromatic nitrogens is 5. The summed E-state index contributed by atoms with van der Waals surface area (Å²) in [5.74, 6) is -5.31. The second kappa shape index (κ2) is 13.9. The second-order valence-corrected chi connectivity index (χ2v) is 9.85. The van der Waals surface area contributed by atoms with Crippen molar-refractivity contribution in [3.8, 4) is 0 Å². The molecular weight excluding hydrogens is 562 g/mol. The lowest BCUT2D eigenvalue weighted by Gasteiger charge is -2.24. The summed E-state index contributed by atoms with van der Waals surface area (Å²) in [7, 11) is 0. The Hall–Kier alpha value is -5.51. The largest absolute Gasteiger partial charge is 0.481 e. The maximum atomic E-state index is 13.3. The molecule has 0 aliphatic heterocycles. The Morgan fingerprint density at radius 3 is 1.95 bits per heavy atom. The van der Waals surface area contributed by atoms with E-state index in [1.807, 2.05) is 24.3 Å². The summed E-state index contributed by atoms with van der Waals surface area (Å²) in [6.07, 6.45) is 6.31. The lowest BCUT2D eigenvalue weighted by Crippen LogP contribution is -2.58. The first-order valence-electron chi connectivity index (χ1n) is 13.2. The number of hydrogen-bond donors (Lipinski definition) is 9. The third-order valence-electron chi connectivity index (χ3n) is 6.67. The van der Waals surface area contributed by atoms with E-state index in [1.54, 1.807) is 6.20 Å². The van der Waals surface area contributed by atoms with Gasteiger partial charge in [0.15, 0.2) is 0 Å². The number of aromatic amines is 3. The van der Waals surface area contributed by atoms with E-state index in [0.29, 0.717) is 11.4 Å². The topological polar surface area (TPSA) is 261 Å². The molecule has 0 aliphatic carbocycles. The molecule has 0 saturated carbocycles. The van der Waals surface area contributed by atoms with Crippen molar-refractivity contribution in [1.82, 2.24) is 40.9 Å². The zero-order valence-corrected chi connectivity index (χ0v) is 22.7. The second-order valence-electron chi connectivity index (χ2n) is 9.85. The lowest BCUT2D eigenvalue weighted by atomic mass is 10.0. The molecule has 0 spiro atoms. The molecule has 226 valence electrons. The molecule has 3 aromatic heterocycles. The van der Waals surface area contributed by atoms with Crippen molar-refractivity contribution in [3.05, 3.63) is 72.5 Å². The maximum Gasteiger partial charge on any atom is 0.326 e. The van der Waals surface area contributed by atoms with Crippen LogP contribution < -0.4 is 21.7 Å². The van der Waals surface area contributed by atoms with E-state index in [-0.39, 0.29) is 19.3 Å². The van der Waals surface area contributed by atoms with Gasteiger partial charge in [-0.3, -0.25) is 19.2 Å². The SMILES string of the molecule is NC(Cc1c[nH]c2ccccc12)C(=O)NC(CC(=O)O)C(=O)NC(Cc1cnc[nH]1)C(=O)NC(Cc1cnc[nH]1)C(=O)O. The zero-order chi connectivity index (χ0) is 30.9. The summed E-state index contributed by atoms with van der Waals surface area (Å²) < 4.78 is 0. The Labute approximate surface area is 243 Å². The van der Waals surface area contributed by atoms with Crippen molar-refractivity contribution in [2.45, 2.75) is 49.9 Å². The highest BCUT2D eigenvalue weighted by molar-refractivity contribution is 5.96. The van der Waals surface area contributed by atoms with Crippen molar-refractivity contribution in [3.63, 3.8) is 0 Å². The Bertz CT molecular complexity index is 1570. The van der Waals surface area contributed by atoms with Crippen LogP contribution in [0.2, 0.25) is 0 Å². The van der Waals surface area contributed by atoms with E-state index in [2.05, 4.69) is 40.9 Å². The summed E-state index contributed by atoms with van der Waals surface area (Å²) in [6, 6.07) is 1.99. The molecule has 0 saturated heterocycles. The highest BCUT2D eigenvalue weighted by Crippen LogP contribution is 2.19. The molecule has 10 N–H and O–H groups in total. The summed E-state index contributed by atoms with van der Waals surface area (Å²) >= 11 is 0. The number of nitrogens with two attached hydrogens (primary N) is 1. The van der Waals surface area contributed by atoms with Gasteiger partial charge in [0.05, 0.1) is 25.1 Å². The molecule has 0 aliphatic rings. The molecule has 0 radical (unpaired) electrons. The average Bonchev–Trinajstić information content (AvgIpc) is 3.75. The molecule has 43 heavy (non-hydrogen) atoms. The standard InChI is InChI=1S/C27H31N9O7/c28-18(5-14-9-31-19-4-2-1-3-17(14)19)24(39)34-21(8-23(37)38)26(41)35-20(6-15-10-29-12-32-15)25(40)36-22(27(42)43)7-16-11-30-13-33-16/h1-4,9-13,18,20-22,31H,5-8,28H2,(H,29,32)(H,30,33)(H,34,39)(H,35,41)(H,36,40)(H,37,38)(H,42,43). The number of para-hydroxylation sites is 1. The van der Waals surface area contributed by atoms with Gasteiger partial charge in [-0.1, -0.05) is 18.2 Å². The number of carbonyl (C=O) groups is 5. The molecule has 4 atom stereocenters. The van der Waals surface area contributed by atoms with Crippen molar-refractivity contribution >= 4 is 40.6 Å². The molecule has 0 fully saturated rings. The third kappa shape index (κ3) is 8.26. The fraction of sp³-hybridized carbons (Fsp3) is 0.296. The van der Waals surface area contributed by atoms with Crippen molar-refractivity contribution in [2.24, 2.45) is 5.73 Å². The fourth-order valence-corrected chi connectivity index (χ4v) is 4.48. The van der Waals surface area contributed by atoms with Crippen molar-refractivity contribution in [1.29, 1.82) is 0 Å². The normalized spacial score (nSPS) is 13.9. The number of nitrogens with one attached hydrogen (secondary N) is 6. The molecule has 0 bridgehead atoms. The van der Waals surface area contributed by atoms with E-state index in [4.69, 9.17) is 5.73 Å². The number of nitrogens with zero attached hydrogens (tertiary/aromatic N) is 2. The minimum atomic E-state index is -1.59. The van der Waals surface area contributed by atoms with E-state index < -0.39 is 60.2 Å². The number of carboxylic acid groups (broad SMARTS) is 2. The maximum absolute atomic E-state index is 13.3. The Morgan fingerprint density at radius 1 is 0.767 bits per heavy atom. The number of fused-ring (bicyclic) bond motifs is 1. The monoisotopic (exact) mass is 593 g/mol. The number of amides is 3. The van der Waals surface area contributed by atoms with Crippen LogP contribution in [0.4, 0.5) is 0 Å². The van der Waals surface area contributed by atoms with Crippen LogP contribution in [0.3, 0.4) is 0 Å². The number of benzene rings is 1. The Kier molecular flexibility index (Phi) is 9.85. The van der Waals surface area contributed by atoms with Crippen molar-refractivity contribution < 1.29 is 34.2 Å². The van der Waals surface area contributed by atoms with Gasteiger partial charge in [-0.05, 0) is 18.1 Å². The zero-order valence-electron chi connectivity index (χ0n) is 22.7. The summed E-state index contributed by atoms with van der Waals surface area (Å²) in [6.45, 7) is 0. The van der Waals surface area contributed by atoms with Gasteiger partial charge in [0.25, 0.3) is 0 Å². The van der Waals surface area contributed by atoms with Crippen LogP contribution in [0.1, 0.15) is 23.4 Å². The van der Waals surface area contributed by atoms with Crippen LogP contribution in [0.25, 0.3) is 10.9 Å². The summed E-state index contributed by atoms with van der Waals surface area (Å²) in [5.41, 5.74) is 8.61. The predicted molar refractivity (Wildman–Crippen MR) is 150 cm³/mol. The molecule has 3 heterocycles. The highest BCUT2D eigenvalue weighted by Gasteiger charge is 2.32. The van der Waals surface area contributed by atoms with E-state index in [0.717, 1.165) is 16.5 Å². The van der Waals surface area contributed by atoms with Gasteiger partial charge in [0, 0.05) is 53.7 Å². The molecule has 16 nitrogen and oxygen atoms in total. The summed E-state index contributed by atoms with van der Waals surface area (Å²) in [5, 5.41) is 27.2. The number of carbonyl (C=O) groups excluding carboxylic acids is 3. The molecule has 4 unspecified atom stereocenters. The first kappa shape index (κ1) is 30.4. The van der Waals surface area contributed by atoms with Gasteiger partial charge < -0.3 is 46.8 Å². The third-order valence-corrected chi connectivity index (χ3v) is 6.67. The number of aliphatic carboxylic acids is 2. The average molecular weight is 594 g/mol. The molecule has 3 amide bonds. The van der Waals surface area contributed by atoms with Crippen LogP contribution in [-0.4, -0.2) is 89.0 Å². The van der Waals surface area contributed by atoms with Gasteiger partial charge in [-0.25, -0.2) is 14.8 Å². The Balaban J connectivity index is 1.46. The smallest absolute Gasteiger partial charge is 0.326 e. The van der Waals surface area contributed by atoms with Crippen LogP contribution in [0.5, 0.6) is 0 Å². The van der Waals surface area contributed by atoms with Gasteiger partial charge in [-0.2, -0.15) is 0 Å². The molecule has 4 rings (SSSR count). The quantitative estimate of drug-likeness (QED) is 0.0810. The Morgan fingerprint density at radius 2 is 1.35 bits per heavy atom. The first-order valence-corrected chi connectivity index (χ1v) is 13.2. The van der Waals surface area contributed by atoms with Crippen LogP contribution in [0, 0.1) is 0 Å². The van der Waals surface area contributed by atoms with Gasteiger partial charge in [0.2, 0.25) is 17.7 Å². The number of rotatable bonds is 15. The number of carboxylic acids is 2. The fourth-order valence-electron chi connectivity index (χ4n) is 4.48. The highest BCUT2D eigenvalue weighted by atomic mass is 16.4. The van der Waals surface area contributed by atoms with Gasteiger partial charge in [-0.15, -0.1) is 0 Å². The number of imidazole rings is 2. The van der Waals surface area contributed by atoms with E-state index >= 15 is 0 Å². The minimum absolute atomic E-state index is 0.106. The molecule has 16 heteroatoms. The van der Waals surface area contributed by atoms with Crippen LogP contribution in [-0.2, 0) is 43.2 Å². The number of H-pyrrole nitrogens is 3. The van der Waals surface area contributed by atoms with Gasteiger partial charge >= 0.3 is 11.9 Å². The molecular formula is C27H31N9O7. The van der Waals surface area contributed by atoms with Crippen molar-refractivity contribution in [2.75, 3.05) is 0 Å². The summed E-state index contributed by atoms with van der Waals surface area (Å²) in [4.78, 5) is 79.3. The van der Waals surface area contributed by atoms with E-state index in [9.17, 15) is 34.2 Å².